The van der Waals surface area contributed by atoms with E-state index in [9.17, 15) is 18.1 Å². The number of fused-ring (bicyclic) bond motifs is 1. The van der Waals surface area contributed by atoms with Gasteiger partial charge in [-0.15, -0.1) is 4.31 Å². The van der Waals surface area contributed by atoms with Crippen LogP contribution in [0.4, 0.5) is 14.5 Å². The van der Waals surface area contributed by atoms with E-state index >= 15 is 0 Å². The highest BCUT2D eigenvalue weighted by Gasteiger charge is 2.34. The van der Waals surface area contributed by atoms with Crippen molar-refractivity contribution >= 4 is 39.6 Å². The molecule has 5 rings (SSSR count). The summed E-state index contributed by atoms with van der Waals surface area (Å²) < 4.78 is 51.8. The number of hydrogen-bond donors (Lipinski definition) is 2. The summed E-state index contributed by atoms with van der Waals surface area (Å²) in [7, 11) is 1.61. The van der Waals surface area contributed by atoms with Gasteiger partial charge >= 0.3 is 0 Å². The fourth-order valence-electron chi connectivity index (χ4n) is 5.25. The summed E-state index contributed by atoms with van der Waals surface area (Å²) in [6, 6.07) is 16.3. The number of nitrogens with one attached hydrogen (secondary N) is 1. The topological polar surface area (TPSA) is 69.0 Å². The predicted molar refractivity (Wildman–Crippen MR) is 156 cm³/mol. The Morgan fingerprint density at radius 3 is 2.62 bits per heavy atom. The maximum Gasteiger partial charge on any atom is 0.210 e. The summed E-state index contributed by atoms with van der Waals surface area (Å²) in [6.07, 6.45) is 2.74. The van der Waals surface area contributed by atoms with Gasteiger partial charge in [-0.3, -0.25) is 5.32 Å². The molecular formula is C29H33F2N3O3S2+2. The fourth-order valence-corrected chi connectivity index (χ4v) is 7.08. The molecule has 1 aliphatic rings. The average Bonchev–Trinajstić information content (AvgIpc) is 3.34. The summed E-state index contributed by atoms with van der Waals surface area (Å²) >= 11 is 1.03. The van der Waals surface area contributed by atoms with Gasteiger partial charge in [-0.1, -0.05) is 16.3 Å². The molecule has 2 unspecified atom stereocenters. The maximum absolute atomic E-state index is 14.4. The van der Waals surface area contributed by atoms with Crippen molar-refractivity contribution in [2.75, 3.05) is 37.7 Å². The number of aliphatic hydroxyl groups is 1. The van der Waals surface area contributed by atoms with Gasteiger partial charge in [0, 0.05) is 35.0 Å². The molecule has 0 amide bonds. The second-order valence-electron chi connectivity index (χ2n) is 9.65. The van der Waals surface area contributed by atoms with Crippen LogP contribution in [0.2, 0.25) is 0 Å². The number of halogens is 2. The van der Waals surface area contributed by atoms with E-state index in [4.69, 9.17) is 4.42 Å². The molecule has 6 nitrogen and oxygen atoms in total. The molecule has 0 aliphatic carbocycles. The van der Waals surface area contributed by atoms with E-state index in [1.54, 1.807) is 37.4 Å². The Morgan fingerprint density at radius 2 is 1.92 bits per heavy atom. The van der Waals surface area contributed by atoms with E-state index in [1.807, 2.05) is 23.7 Å². The Morgan fingerprint density at radius 1 is 1.18 bits per heavy atom. The minimum absolute atomic E-state index is 0.0387. The summed E-state index contributed by atoms with van der Waals surface area (Å²) in [4.78, 5) is 0.228. The van der Waals surface area contributed by atoms with Gasteiger partial charge in [0.15, 0.2) is 16.8 Å². The molecule has 1 fully saturated rings. The molecule has 1 aromatic heterocycles. The SMILES string of the molecule is CNC(O)c1c(-c2ccc(F)cc2)oc2cc(N(C)[SH+]C)c([C@H]3CCCN([SH+](=O)c4ccccc4F)C3)cc12. The molecule has 0 bridgehead atoms. The van der Waals surface area contributed by atoms with Crippen LogP contribution in [0.25, 0.3) is 22.3 Å². The molecule has 4 aromatic rings. The molecule has 206 valence electrons. The van der Waals surface area contributed by atoms with Crippen molar-refractivity contribution in [2.45, 2.75) is 29.9 Å². The van der Waals surface area contributed by atoms with Crippen LogP contribution in [0.3, 0.4) is 0 Å². The molecule has 3 aromatic carbocycles. The Kier molecular flexibility index (Phi) is 8.39. The van der Waals surface area contributed by atoms with Gasteiger partial charge in [0.05, 0.1) is 31.2 Å². The average molecular weight is 574 g/mol. The van der Waals surface area contributed by atoms with Gasteiger partial charge in [0.1, 0.15) is 29.6 Å². The molecule has 2 heterocycles. The summed E-state index contributed by atoms with van der Waals surface area (Å²) in [5.74, 6) is -0.296. The van der Waals surface area contributed by atoms with Crippen molar-refractivity contribution in [1.29, 1.82) is 0 Å². The Labute approximate surface area is 233 Å². The zero-order valence-electron chi connectivity index (χ0n) is 22.1. The van der Waals surface area contributed by atoms with Crippen molar-refractivity contribution in [1.82, 2.24) is 9.62 Å². The van der Waals surface area contributed by atoms with Crippen LogP contribution in [0, 0.1) is 11.6 Å². The van der Waals surface area contributed by atoms with Crippen molar-refractivity contribution in [2.24, 2.45) is 0 Å². The minimum Gasteiger partial charge on any atom is -0.456 e. The second-order valence-corrected chi connectivity index (χ2v) is 12.2. The normalized spacial score (nSPS) is 17.8. The third kappa shape index (κ3) is 5.49. The van der Waals surface area contributed by atoms with Gasteiger partial charge in [-0.05, 0) is 67.9 Å². The molecular weight excluding hydrogens is 540 g/mol. The third-order valence-corrected chi connectivity index (χ3v) is 9.80. The van der Waals surface area contributed by atoms with Crippen LogP contribution in [-0.2, 0) is 27.1 Å². The molecule has 10 heteroatoms. The number of benzene rings is 3. The van der Waals surface area contributed by atoms with E-state index < -0.39 is 23.0 Å². The Hall–Kier alpha value is -2.76. The van der Waals surface area contributed by atoms with Crippen molar-refractivity contribution < 1.29 is 22.5 Å². The zero-order valence-corrected chi connectivity index (χ0v) is 23.9. The number of thiol groups is 2. The monoisotopic (exact) mass is 573 g/mol. The van der Waals surface area contributed by atoms with Crippen molar-refractivity contribution in [3.05, 3.63) is 83.4 Å². The fraction of sp³-hybridized carbons (Fsp3) is 0.310. The first-order chi connectivity index (χ1) is 18.8. The number of hydrogen-bond acceptors (Lipinski definition) is 5. The lowest BCUT2D eigenvalue weighted by molar-refractivity contribution is 0.150. The molecule has 1 aliphatic heterocycles. The highest BCUT2D eigenvalue weighted by Crippen LogP contribution is 2.43. The molecule has 0 spiro atoms. The van der Waals surface area contributed by atoms with E-state index in [0.717, 1.165) is 41.4 Å². The van der Waals surface area contributed by atoms with Crippen LogP contribution < -0.4 is 9.62 Å². The van der Waals surface area contributed by atoms with E-state index in [2.05, 4.69) is 15.7 Å². The van der Waals surface area contributed by atoms with Gasteiger partial charge in [0.2, 0.25) is 4.90 Å². The highest BCUT2D eigenvalue weighted by molar-refractivity contribution is 7.82. The minimum atomic E-state index is -2.05. The maximum atomic E-state index is 14.4. The third-order valence-electron chi connectivity index (χ3n) is 7.33. The standard InChI is InChI=1S/C29H31F2N3O3S2/c1-32-29(35)27-22-15-21(19-7-6-14-34(17-19)39(36)26-9-5-4-8-23(26)31)24(33(2)38-3)16-25(22)37-28(27)18-10-12-20(30)13-11-18/h4-5,8-13,15-16,19,29,32,35H,6-7,14,17H2,1-3H3/p+2/t19-,29?,39?/m0/s1. The number of furan rings is 1. The van der Waals surface area contributed by atoms with Gasteiger partial charge in [-0.2, -0.15) is 4.31 Å². The van der Waals surface area contributed by atoms with Crippen LogP contribution in [0.1, 0.15) is 36.1 Å². The second kappa shape index (κ2) is 11.8. The number of aliphatic hydroxyl groups excluding tert-OH is 1. The summed E-state index contributed by atoms with van der Waals surface area (Å²) in [5, 5.41) is 14.6. The van der Waals surface area contributed by atoms with E-state index in [1.165, 1.54) is 18.2 Å². The zero-order chi connectivity index (χ0) is 27.7. The number of nitrogens with zero attached hydrogens (tertiary/aromatic N) is 2. The van der Waals surface area contributed by atoms with Crippen LogP contribution >= 0.6 is 0 Å². The Bertz CT molecular complexity index is 1500. The molecule has 1 saturated heterocycles. The molecule has 39 heavy (non-hydrogen) atoms. The number of rotatable bonds is 8. The first-order valence-corrected chi connectivity index (χ1v) is 15.3. The largest absolute Gasteiger partial charge is 0.456 e. The predicted octanol–water partition coefficient (Wildman–Crippen LogP) is 5.23. The van der Waals surface area contributed by atoms with Crippen LogP contribution in [0.15, 0.2) is 70.0 Å². The van der Waals surface area contributed by atoms with Crippen molar-refractivity contribution in [3.63, 3.8) is 0 Å². The summed E-state index contributed by atoms with van der Waals surface area (Å²) in [5.41, 5.74) is 3.88. The number of anilines is 1. The van der Waals surface area contributed by atoms with Gasteiger partial charge in [-0.25, -0.2) is 8.78 Å². The Balaban J connectivity index is 1.61. The lowest BCUT2D eigenvalue weighted by Gasteiger charge is -2.30. The summed E-state index contributed by atoms with van der Waals surface area (Å²) in [6.45, 7) is 1.15. The molecule has 0 saturated carbocycles. The lowest BCUT2D eigenvalue weighted by Crippen LogP contribution is -2.36. The van der Waals surface area contributed by atoms with Crippen LogP contribution in [0.5, 0.6) is 0 Å². The van der Waals surface area contributed by atoms with E-state index in [-0.39, 0.29) is 16.6 Å². The molecule has 3 atom stereocenters. The highest BCUT2D eigenvalue weighted by atomic mass is 32.2. The van der Waals surface area contributed by atoms with Gasteiger partial charge in [0.25, 0.3) is 0 Å². The van der Waals surface area contributed by atoms with Crippen LogP contribution in [-0.4, -0.2) is 42.9 Å². The lowest BCUT2D eigenvalue weighted by atomic mass is 9.89. The number of piperidine rings is 1. The first-order valence-electron chi connectivity index (χ1n) is 12.8. The quantitative estimate of drug-likeness (QED) is 0.172. The van der Waals surface area contributed by atoms with Crippen molar-refractivity contribution in [3.8, 4) is 11.3 Å². The van der Waals surface area contributed by atoms with Gasteiger partial charge < -0.3 is 9.52 Å². The first kappa shape index (κ1) is 27.8. The smallest absolute Gasteiger partial charge is 0.210 e. The molecule has 2 N–H and O–H groups in total. The van der Waals surface area contributed by atoms with E-state index in [0.29, 0.717) is 35.6 Å². The molecule has 0 radical (unpaired) electrons.